The van der Waals surface area contributed by atoms with Crippen LogP contribution in [0.1, 0.15) is 28.6 Å². The first-order valence-electron chi connectivity index (χ1n) is 5.19. The molecule has 1 heterocycles. The summed E-state index contributed by atoms with van der Waals surface area (Å²) in [5.74, 6) is 0.525. The Morgan fingerprint density at radius 1 is 1.18 bits per heavy atom. The van der Waals surface area contributed by atoms with Gasteiger partial charge in [0.25, 0.3) is 0 Å². The summed E-state index contributed by atoms with van der Waals surface area (Å²) in [4.78, 5) is 0. The molecule has 2 nitrogen and oxygen atoms in total. The number of benzene rings is 1. The molecular weight excluding hydrogens is 348 g/mol. The molecule has 2 aromatic rings. The predicted octanol–water partition coefficient (Wildman–Crippen LogP) is 4.50. The lowest BCUT2D eigenvalue weighted by Gasteiger charge is -2.12. The van der Waals surface area contributed by atoms with Gasteiger partial charge in [0.05, 0.1) is 4.47 Å². The number of aryl methyl sites for hydroxylation is 2. The quantitative estimate of drug-likeness (QED) is 0.856. The number of rotatable bonds is 2. The third kappa shape index (κ3) is 2.64. The van der Waals surface area contributed by atoms with E-state index in [9.17, 15) is 5.11 Å². The molecule has 1 aromatic carbocycles. The molecule has 17 heavy (non-hydrogen) atoms. The number of aliphatic hydroxyl groups is 1. The number of hydrogen-bond donors (Lipinski definition) is 1. The van der Waals surface area contributed by atoms with Gasteiger partial charge in [0, 0.05) is 0 Å². The van der Waals surface area contributed by atoms with Crippen LogP contribution in [0.5, 0.6) is 0 Å². The van der Waals surface area contributed by atoms with Gasteiger partial charge in [-0.25, -0.2) is 0 Å². The van der Waals surface area contributed by atoms with E-state index < -0.39 is 6.10 Å². The predicted molar refractivity (Wildman–Crippen MR) is 74.1 cm³/mol. The molecule has 0 aliphatic rings. The van der Waals surface area contributed by atoms with E-state index in [0.717, 1.165) is 21.2 Å². The monoisotopic (exact) mass is 358 g/mol. The first-order valence-corrected chi connectivity index (χ1v) is 6.77. The molecule has 0 spiro atoms. The zero-order valence-electron chi connectivity index (χ0n) is 9.50. The standard InChI is InChI=1S/C13H12Br2O2/c1-7-3-4-8(2)9(5-7)12(16)11-6-10(14)13(15)17-11/h3-6,12,16H,1-2H3. The van der Waals surface area contributed by atoms with Crippen LogP contribution < -0.4 is 0 Å². The maximum atomic E-state index is 10.3. The third-order valence-corrected chi connectivity index (χ3v) is 4.37. The van der Waals surface area contributed by atoms with Crippen molar-refractivity contribution in [2.45, 2.75) is 20.0 Å². The average molecular weight is 360 g/mol. The summed E-state index contributed by atoms with van der Waals surface area (Å²) in [5.41, 5.74) is 3.04. The highest BCUT2D eigenvalue weighted by atomic mass is 79.9. The second kappa shape index (κ2) is 4.96. The lowest BCUT2D eigenvalue weighted by Crippen LogP contribution is -2.01. The Labute approximate surface area is 117 Å². The third-order valence-electron chi connectivity index (χ3n) is 2.66. The molecule has 0 saturated carbocycles. The highest BCUT2D eigenvalue weighted by molar-refractivity contribution is 9.13. The van der Waals surface area contributed by atoms with E-state index in [1.54, 1.807) is 6.07 Å². The Balaban J connectivity index is 2.42. The topological polar surface area (TPSA) is 33.4 Å². The van der Waals surface area contributed by atoms with Crippen LogP contribution in [0, 0.1) is 13.8 Å². The zero-order chi connectivity index (χ0) is 12.6. The van der Waals surface area contributed by atoms with Crippen molar-refractivity contribution in [1.29, 1.82) is 0 Å². The summed E-state index contributed by atoms with van der Waals surface area (Å²) in [6.07, 6.45) is -0.738. The van der Waals surface area contributed by atoms with E-state index in [-0.39, 0.29) is 0 Å². The van der Waals surface area contributed by atoms with E-state index in [4.69, 9.17) is 4.42 Å². The Morgan fingerprint density at radius 3 is 2.47 bits per heavy atom. The maximum absolute atomic E-state index is 10.3. The molecule has 0 fully saturated rings. The maximum Gasteiger partial charge on any atom is 0.183 e. The SMILES string of the molecule is Cc1ccc(C)c(C(O)c2cc(Br)c(Br)o2)c1. The van der Waals surface area contributed by atoms with Crippen LogP contribution in [-0.4, -0.2) is 5.11 Å². The van der Waals surface area contributed by atoms with Gasteiger partial charge in [0.2, 0.25) is 0 Å². The summed E-state index contributed by atoms with van der Waals surface area (Å²) in [7, 11) is 0. The summed E-state index contributed by atoms with van der Waals surface area (Å²) < 4.78 is 6.84. The fourth-order valence-corrected chi connectivity index (χ4v) is 2.31. The molecule has 90 valence electrons. The Kier molecular flexibility index (Phi) is 3.76. The van der Waals surface area contributed by atoms with Crippen LogP contribution in [0.25, 0.3) is 0 Å². The molecule has 0 radical (unpaired) electrons. The van der Waals surface area contributed by atoms with Gasteiger partial charge < -0.3 is 9.52 Å². The van der Waals surface area contributed by atoms with Gasteiger partial charge in [0.15, 0.2) is 4.67 Å². The molecule has 4 heteroatoms. The fraction of sp³-hybridized carbons (Fsp3) is 0.231. The van der Waals surface area contributed by atoms with E-state index in [1.807, 2.05) is 32.0 Å². The molecule has 2 rings (SSSR count). The molecule has 1 atom stereocenters. The molecular formula is C13H12Br2O2. The normalized spacial score (nSPS) is 12.8. The van der Waals surface area contributed by atoms with Gasteiger partial charge in [-0.3, -0.25) is 0 Å². The zero-order valence-corrected chi connectivity index (χ0v) is 12.7. The Morgan fingerprint density at radius 2 is 1.88 bits per heavy atom. The van der Waals surface area contributed by atoms with Crippen molar-refractivity contribution >= 4 is 31.9 Å². The van der Waals surface area contributed by atoms with Gasteiger partial charge in [-0.2, -0.15) is 0 Å². The minimum atomic E-state index is -0.738. The van der Waals surface area contributed by atoms with E-state index >= 15 is 0 Å². The van der Waals surface area contributed by atoms with E-state index in [0.29, 0.717) is 10.4 Å². The van der Waals surface area contributed by atoms with Crippen molar-refractivity contribution in [3.05, 3.63) is 55.9 Å². The summed E-state index contributed by atoms with van der Waals surface area (Å²) in [6, 6.07) is 7.78. The van der Waals surface area contributed by atoms with Gasteiger partial charge in [0.1, 0.15) is 11.9 Å². The molecule has 0 amide bonds. The number of halogens is 2. The van der Waals surface area contributed by atoms with Crippen LogP contribution in [0.2, 0.25) is 0 Å². The largest absolute Gasteiger partial charge is 0.450 e. The highest BCUT2D eigenvalue weighted by Gasteiger charge is 2.18. The molecule has 0 aliphatic carbocycles. The van der Waals surface area contributed by atoms with E-state index in [1.165, 1.54) is 0 Å². The van der Waals surface area contributed by atoms with Crippen LogP contribution in [0.4, 0.5) is 0 Å². The lowest BCUT2D eigenvalue weighted by atomic mass is 9.99. The van der Waals surface area contributed by atoms with E-state index in [2.05, 4.69) is 31.9 Å². The van der Waals surface area contributed by atoms with Crippen molar-refractivity contribution < 1.29 is 9.52 Å². The number of furan rings is 1. The minimum Gasteiger partial charge on any atom is -0.450 e. The second-order valence-electron chi connectivity index (χ2n) is 4.03. The average Bonchev–Trinajstić information content (AvgIpc) is 2.62. The molecule has 0 bridgehead atoms. The smallest absolute Gasteiger partial charge is 0.183 e. The fourth-order valence-electron chi connectivity index (χ4n) is 1.71. The minimum absolute atomic E-state index is 0.525. The number of hydrogen-bond acceptors (Lipinski definition) is 2. The van der Waals surface area contributed by atoms with Crippen molar-refractivity contribution in [3.63, 3.8) is 0 Å². The first kappa shape index (κ1) is 12.9. The van der Waals surface area contributed by atoms with Gasteiger partial charge >= 0.3 is 0 Å². The van der Waals surface area contributed by atoms with Crippen LogP contribution in [-0.2, 0) is 0 Å². The summed E-state index contributed by atoms with van der Waals surface area (Å²) >= 11 is 6.60. The van der Waals surface area contributed by atoms with Crippen molar-refractivity contribution in [2.24, 2.45) is 0 Å². The molecule has 1 aromatic heterocycles. The highest BCUT2D eigenvalue weighted by Crippen LogP contribution is 2.33. The molecule has 1 N–H and O–H groups in total. The van der Waals surface area contributed by atoms with Crippen molar-refractivity contribution in [3.8, 4) is 0 Å². The Bertz CT molecular complexity index is 527. The first-order chi connectivity index (χ1) is 7.99. The van der Waals surface area contributed by atoms with Gasteiger partial charge in [-0.1, -0.05) is 23.8 Å². The summed E-state index contributed by atoms with van der Waals surface area (Å²) in [5, 5.41) is 10.3. The van der Waals surface area contributed by atoms with Gasteiger partial charge in [-0.05, 0) is 62.9 Å². The van der Waals surface area contributed by atoms with Crippen molar-refractivity contribution in [1.82, 2.24) is 0 Å². The second-order valence-corrected chi connectivity index (χ2v) is 5.61. The van der Waals surface area contributed by atoms with Gasteiger partial charge in [-0.15, -0.1) is 0 Å². The molecule has 0 saturated heterocycles. The molecule has 0 aliphatic heterocycles. The molecule has 1 unspecified atom stereocenters. The van der Waals surface area contributed by atoms with Crippen molar-refractivity contribution in [2.75, 3.05) is 0 Å². The lowest BCUT2D eigenvalue weighted by molar-refractivity contribution is 0.187. The van der Waals surface area contributed by atoms with Crippen LogP contribution in [0.3, 0.4) is 0 Å². The summed E-state index contributed by atoms with van der Waals surface area (Å²) in [6.45, 7) is 3.98. The van der Waals surface area contributed by atoms with Crippen LogP contribution in [0.15, 0.2) is 37.8 Å². The van der Waals surface area contributed by atoms with Crippen LogP contribution >= 0.6 is 31.9 Å². The number of aliphatic hydroxyl groups excluding tert-OH is 1. The Hall–Kier alpha value is -0.580.